The van der Waals surface area contributed by atoms with Crippen molar-refractivity contribution in [1.82, 2.24) is 24.3 Å². The van der Waals surface area contributed by atoms with Crippen LogP contribution < -0.4 is 0 Å². The van der Waals surface area contributed by atoms with Crippen LogP contribution in [0.2, 0.25) is 0 Å². The predicted octanol–water partition coefficient (Wildman–Crippen LogP) is 2.94. The van der Waals surface area contributed by atoms with E-state index in [9.17, 15) is 8.42 Å². The molecule has 7 nitrogen and oxygen atoms in total. The Bertz CT molecular complexity index is 1030. The molecule has 0 spiro atoms. The van der Waals surface area contributed by atoms with E-state index < -0.39 is 9.84 Å². The molecule has 0 aliphatic carbocycles. The van der Waals surface area contributed by atoms with Crippen LogP contribution >= 0.6 is 0 Å². The maximum atomic E-state index is 11.8. The Hall–Kier alpha value is -2.35. The van der Waals surface area contributed by atoms with E-state index in [4.69, 9.17) is 0 Å². The third kappa shape index (κ3) is 3.33. The van der Waals surface area contributed by atoms with Gasteiger partial charge in [0.1, 0.15) is 0 Å². The number of sulfone groups is 1. The Labute approximate surface area is 153 Å². The van der Waals surface area contributed by atoms with Crippen LogP contribution in [0.4, 0.5) is 0 Å². The van der Waals surface area contributed by atoms with Crippen LogP contribution in [-0.2, 0) is 9.84 Å². The van der Waals surface area contributed by atoms with Crippen molar-refractivity contribution >= 4 is 15.5 Å². The van der Waals surface area contributed by atoms with Crippen molar-refractivity contribution in [3.8, 4) is 11.4 Å². The standard InChI is InChI=1S/C18H22N5O2S/c1-11(2)15(12(3)4)16-17-21-10-14(23(17)9-8-19-16)13-6-7-20-18(22-13)26(5,24)25/h6-11,15H,1-5H3. The first kappa shape index (κ1) is 18.4. The molecular formula is C18H22N5O2S. The predicted molar refractivity (Wildman–Crippen MR) is 99.3 cm³/mol. The Morgan fingerprint density at radius 1 is 1.12 bits per heavy atom. The maximum absolute atomic E-state index is 11.8. The third-order valence-electron chi connectivity index (χ3n) is 4.27. The van der Waals surface area contributed by atoms with E-state index in [1.54, 1.807) is 18.5 Å². The molecule has 0 saturated carbocycles. The van der Waals surface area contributed by atoms with Crippen molar-refractivity contribution in [1.29, 1.82) is 0 Å². The van der Waals surface area contributed by atoms with Crippen LogP contribution in [0.1, 0.15) is 39.3 Å². The van der Waals surface area contributed by atoms with Crippen LogP contribution in [0.3, 0.4) is 0 Å². The maximum Gasteiger partial charge on any atom is 0.247 e. The zero-order valence-electron chi connectivity index (χ0n) is 15.5. The van der Waals surface area contributed by atoms with Crippen molar-refractivity contribution in [2.24, 2.45) is 5.92 Å². The van der Waals surface area contributed by atoms with Crippen LogP contribution in [-0.4, -0.2) is 39.0 Å². The van der Waals surface area contributed by atoms with Crippen molar-refractivity contribution in [3.05, 3.63) is 42.5 Å². The summed E-state index contributed by atoms with van der Waals surface area (Å²) in [5.41, 5.74) is 2.86. The number of fused-ring (bicyclic) bond motifs is 1. The fourth-order valence-corrected chi connectivity index (χ4v) is 3.78. The molecule has 1 radical (unpaired) electrons. The summed E-state index contributed by atoms with van der Waals surface area (Å²) < 4.78 is 25.4. The molecule has 0 bridgehead atoms. The first-order valence-corrected chi connectivity index (χ1v) is 10.2. The second-order valence-electron chi connectivity index (χ2n) is 6.95. The molecular weight excluding hydrogens is 350 g/mol. The first-order valence-electron chi connectivity index (χ1n) is 8.35. The quantitative estimate of drug-likeness (QED) is 0.640. The van der Waals surface area contributed by atoms with Gasteiger partial charge in [0.15, 0.2) is 5.65 Å². The average molecular weight is 372 g/mol. The van der Waals surface area contributed by atoms with Gasteiger partial charge >= 0.3 is 0 Å². The van der Waals surface area contributed by atoms with Crippen molar-refractivity contribution < 1.29 is 8.42 Å². The molecule has 3 aromatic rings. The van der Waals surface area contributed by atoms with Gasteiger partial charge in [-0.25, -0.2) is 23.4 Å². The zero-order chi connectivity index (χ0) is 19.1. The lowest BCUT2D eigenvalue weighted by Crippen LogP contribution is -2.15. The fraction of sp³-hybridized carbons (Fsp3) is 0.389. The lowest BCUT2D eigenvalue weighted by atomic mass is 9.83. The van der Waals surface area contributed by atoms with Gasteiger partial charge in [-0.05, 0) is 17.9 Å². The summed E-state index contributed by atoms with van der Waals surface area (Å²) >= 11 is 0. The van der Waals surface area contributed by atoms with Crippen LogP contribution in [0, 0.1) is 11.8 Å². The number of aromatic nitrogens is 5. The van der Waals surface area contributed by atoms with Gasteiger partial charge in [0, 0.05) is 30.8 Å². The molecule has 3 heterocycles. The molecule has 1 unspecified atom stereocenters. The van der Waals surface area contributed by atoms with Gasteiger partial charge in [0.2, 0.25) is 15.0 Å². The van der Waals surface area contributed by atoms with Crippen molar-refractivity contribution in [2.75, 3.05) is 6.26 Å². The van der Waals surface area contributed by atoms with E-state index in [1.165, 1.54) is 12.1 Å². The Morgan fingerprint density at radius 2 is 1.85 bits per heavy atom. The molecule has 0 aliphatic rings. The Balaban J connectivity index is 2.18. The monoisotopic (exact) mass is 372 g/mol. The van der Waals surface area contributed by atoms with E-state index in [-0.39, 0.29) is 11.1 Å². The number of rotatable bonds is 5. The Kier molecular flexibility index (Phi) is 4.79. The summed E-state index contributed by atoms with van der Waals surface area (Å²) in [6.07, 6.45) is 7.78. The van der Waals surface area contributed by atoms with E-state index >= 15 is 0 Å². The summed E-state index contributed by atoms with van der Waals surface area (Å²) in [6.45, 7) is 8.52. The van der Waals surface area contributed by atoms with Crippen molar-refractivity contribution in [2.45, 2.75) is 38.8 Å². The van der Waals surface area contributed by atoms with Gasteiger partial charge in [-0.15, -0.1) is 0 Å². The van der Waals surface area contributed by atoms with E-state index in [1.807, 2.05) is 10.6 Å². The van der Waals surface area contributed by atoms with Gasteiger partial charge < -0.3 is 0 Å². The molecule has 0 N–H and O–H groups in total. The first-order chi connectivity index (χ1) is 12.2. The molecule has 26 heavy (non-hydrogen) atoms. The Morgan fingerprint density at radius 3 is 2.46 bits per heavy atom. The SMILES string of the molecule is C[C](C)C(c1nccn2c(-c3ccnc(S(C)(=O)=O)n3)cnc12)C(C)C. The normalized spacial score (nSPS) is 12.6. The molecule has 0 fully saturated rings. The van der Waals surface area contributed by atoms with Crippen LogP contribution in [0.15, 0.2) is 36.0 Å². The van der Waals surface area contributed by atoms with Crippen LogP contribution in [0.5, 0.6) is 0 Å². The molecule has 3 rings (SSSR count). The highest BCUT2D eigenvalue weighted by Crippen LogP contribution is 2.34. The third-order valence-corrected chi connectivity index (χ3v) is 5.13. The minimum Gasteiger partial charge on any atom is -0.295 e. The largest absolute Gasteiger partial charge is 0.295 e. The number of hydrogen-bond acceptors (Lipinski definition) is 6. The molecule has 0 amide bonds. The van der Waals surface area contributed by atoms with Gasteiger partial charge in [-0.2, -0.15) is 0 Å². The molecule has 0 aliphatic heterocycles. The second-order valence-corrected chi connectivity index (χ2v) is 8.85. The van der Waals surface area contributed by atoms with Gasteiger partial charge in [0.25, 0.3) is 0 Å². The highest BCUT2D eigenvalue weighted by molar-refractivity contribution is 7.90. The molecule has 0 aromatic carbocycles. The minimum atomic E-state index is -3.48. The highest BCUT2D eigenvalue weighted by atomic mass is 32.2. The van der Waals surface area contributed by atoms with Gasteiger partial charge in [-0.3, -0.25) is 9.38 Å². The van der Waals surface area contributed by atoms with Gasteiger partial charge in [-0.1, -0.05) is 27.7 Å². The van der Waals surface area contributed by atoms with E-state index in [0.717, 1.165) is 17.6 Å². The summed E-state index contributed by atoms with van der Waals surface area (Å²) in [6, 6.07) is 1.68. The molecule has 137 valence electrons. The topological polar surface area (TPSA) is 90.1 Å². The number of nitrogens with zero attached hydrogens (tertiary/aromatic N) is 5. The molecule has 8 heteroatoms. The number of imidazole rings is 1. The summed E-state index contributed by atoms with van der Waals surface area (Å²) in [5.74, 6) is 1.84. The molecule has 1 atom stereocenters. The summed E-state index contributed by atoms with van der Waals surface area (Å²) in [4.78, 5) is 17.2. The second kappa shape index (κ2) is 6.75. The minimum absolute atomic E-state index is 0.186. The lowest BCUT2D eigenvalue weighted by molar-refractivity contribution is 0.502. The molecule has 3 aromatic heterocycles. The average Bonchev–Trinajstić information content (AvgIpc) is 2.98. The van der Waals surface area contributed by atoms with E-state index in [2.05, 4.69) is 47.6 Å². The van der Waals surface area contributed by atoms with Crippen LogP contribution in [0.25, 0.3) is 17.0 Å². The summed E-state index contributed by atoms with van der Waals surface area (Å²) in [7, 11) is -3.48. The zero-order valence-corrected chi connectivity index (χ0v) is 16.3. The highest BCUT2D eigenvalue weighted by Gasteiger charge is 2.25. The fourth-order valence-electron chi connectivity index (χ4n) is 3.27. The lowest BCUT2D eigenvalue weighted by Gasteiger charge is -2.24. The van der Waals surface area contributed by atoms with E-state index in [0.29, 0.717) is 17.3 Å². The van der Waals surface area contributed by atoms with Crippen molar-refractivity contribution in [3.63, 3.8) is 0 Å². The van der Waals surface area contributed by atoms with Gasteiger partial charge in [0.05, 0.1) is 23.3 Å². The summed E-state index contributed by atoms with van der Waals surface area (Å²) in [5, 5.41) is -0.197. The molecule has 0 saturated heterocycles. The number of hydrogen-bond donors (Lipinski definition) is 0. The smallest absolute Gasteiger partial charge is 0.247 e.